The molecular weight excluding hydrogens is 310 g/mol. The van der Waals surface area contributed by atoms with Crippen LogP contribution in [0.1, 0.15) is 17.3 Å². The third-order valence-corrected chi connectivity index (χ3v) is 4.12. The minimum atomic E-state index is -0.584. The van der Waals surface area contributed by atoms with Crippen LogP contribution in [-0.4, -0.2) is 60.5 Å². The summed E-state index contributed by atoms with van der Waals surface area (Å²) in [5.41, 5.74) is -0.0195. The van der Waals surface area contributed by atoms with Crippen LogP contribution in [0.5, 0.6) is 5.75 Å². The van der Waals surface area contributed by atoms with Crippen molar-refractivity contribution in [3.63, 3.8) is 0 Å². The van der Waals surface area contributed by atoms with E-state index in [0.717, 1.165) is 25.7 Å². The Morgan fingerprint density at radius 3 is 2.50 bits per heavy atom. The number of likely N-dealkylation sites (N-methyl/N-ethyl adjacent to an activating group) is 1. The topological polar surface area (TPSA) is 75.9 Å². The molecule has 22 heavy (non-hydrogen) atoms. The number of piperazine rings is 1. The molecule has 0 aromatic heterocycles. The lowest BCUT2D eigenvalue weighted by Gasteiger charge is -2.34. The number of nitro groups is 1. The van der Waals surface area contributed by atoms with Gasteiger partial charge in [-0.05, 0) is 6.54 Å². The van der Waals surface area contributed by atoms with Crippen LogP contribution in [0.15, 0.2) is 12.1 Å². The second-order valence-corrected chi connectivity index (χ2v) is 5.39. The van der Waals surface area contributed by atoms with Crippen molar-refractivity contribution in [2.24, 2.45) is 0 Å². The Labute approximate surface area is 133 Å². The molecule has 0 bridgehead atoms. The van der Waals surface area contributed by atoms with Gasteiger partial charge in [-0.1, -0.05) is 18.5 Å². The molecular formula is C14H18ClN3O4. The molecule has 1 fully saturated rings. The van der Waals surface area contributed by atoms with Gasteiger partial charge in [0.25, 0.3) is 5.91 Å². The summed E-state index contributed by atoms with van der Waals surface area (Å²) < 4.78 is 4.99. The van der Waals surface area contributed by atoms with Crippen molar-refractivity contribution in [1.29, 1.82) is 0 Å². The number of halogens is 1. The van der Waals surface area contributed by atoms with Crippen LogP contribution in [0, 0.1) is 10.1 Å². The van der Waals surface area contributed by atoms with Gasteiger partial charge in [-0.25, -0.2) is 0 Å². The van der Waals surface area contributed by atoms with Crippen molar-refractivity contribution < 1.29 is 14.5 Å². The van der Waals surface area contributed by atoms with Crippen LogP contribution < -0.4 is 4.74 Å². The third kappa shape index (κ3) is 3.31. The van der Waals surface area contributed by atoms with E-state index >= 15 is 0 Å². The average molecular weight is 328 g/mol. The van der Waals surface area contributed by atoms with Gasteiger partial charge in [-0.3, -0.25) is 14.9 Å². The maximum absolute atomic E-state index is 12.6. The molecule has 0 N–H and O–H groups in total. The lowest BCUT2D eigenvalue weighted by molar-refractivity contribution is -0.385. The standard InChI is InChI=1S/C14H18ClN3O4/c1-3-16-4-6-17(7-5-16)14(19)10-8-13(22-2)12(18(20)21)9-11(10)15/h8-9H,3-7H2,1-2H3. The zero-order valence-electron chi connectivity index (χ0n) is 12.5. The molecule has 120 valence electrons. The fourth-order valence-corrected chi connectivity index (χ4v) is 2.69. The first-order chi connectivity index (χ1) is 10.5. The lowest BCUT2D eigenvalue weighted by Crippen LogP contribution is -2.48. The summed E-state index contributed by atoms with van der Waals surface area (Å²) in [6.07, 6.45) is 0. The summed E-state index contributed by atoms with van der Waals surface area (Å²) in [5, 5.41) is 11.0. The van der Waals surface area contributed by atoms with Crippen LogP contribution >= 0.6 is 11.6 Å². The van der Waals surface area contributed by atoms with Gasteiger partial charge in [0.2, 0.25) is 0 Å². The molecule has 0 unspecified atom stereocenters. The largest absolute Gasteiger partial charge is 0.490 e. The zero-order chi connectivity index (χ0) is 16.3. The number of hydrogen-bond donors (Lipinski definition) is 0. The molecule has 1 aromatic rings. The van der Waals surface area contributed by atoms with Crippen LogP contribution in [0.4, 0.5) is 5.69 Å². The number of rotatable bonds is 4. The van der Waals surface area contributed by atoms with Gasteiger partial charge in [0.1, 0.15) is 0 Å². The summed E-state index contributed by atoms with van der Waals surface area (Å²) >= 11 is 6.05. The zero-order valence-corrected chi connectivity index (χ0v) is 13.3. The summed E-state index contributed by atoms with van der Waals surface area (Å²) in [5.74, 6) is -0.195. The van der Waals surface area contributed by atoms with E-state index in [1.165, 1.54) is 13.2 Å². The number of carbonyl (C=O) groups excluding carboxylic acids is 1. The van der Waals surface area contributed by atoms with Crippen LogP contribution in [0.3, 0.4) is 0 Å². The molecule has 0 radical (unpaired) electrons. The predicted molar refractivity (Wildman–Crippen MR) is 82.7 cm³/mol. The van der Waals surface area contributed by atoms with Crippen molar-refractivity contribution in [1.82, 2.24) is 9.80 Å². The first kappa shape index (κ1) is 16.5. The smallest absolute Gasteiger partial charge is 0.312 e. The molecule has 0 spiro atoms. The number of methoxy groups -OCH3 is 1. The normalized spacial score (nSPS) is 15.7. The van der Waals surface area contributed by atoms with E-state index in [2.05, 4.69) is 11.8 Å². The van der Waals surface area contributed by atoms with E-state index in [9.17, 15) is 14.9 Å². The molecule has 1 aromatic carbocycles. The summed E-state index contributed by atoms with van der Waals surface area (Å²) in [4.78, 5) is 26.9. The lowest BCUT2D eigenvalue weighted by atomic mass is 10.1. The first-order valence-corrected chi connectivity index (χ1v) is 7.39. The monoisotopic (exact) mass is 327 g/mol. The molecule has 7 nitrogen and oxygen atoms in total. The molecule has 0 saturated carbocycles. The SMILES string of the molecule is CCN1CCN(C(=O)c2cc(OC)c([N+](=O)[O-])cc2Cl)CC1. The van der Waals surface area contributed by atoms with Crippen LogP contribution in [-0.2, 0) is 0 Å². The number of nitrogens with zero attached hydrogens (tertiary/aromatic N) is 3. The minimum Gasteiger partial charge on any atom is -0.490 e. The maximum atomic E-state index is 12.6. The fraction of sp³-hybridized carbons (Fsp3) is 0.500. The molecule has 0 atom stereocenters. The van der Waals surface area contributed by atoms with E-state index in [0.29, 0.717) is 13.1 Å². The maximum Gasteiger partial charge on any atom is 0.312 e. The van der Waals surface area contributed by atoms with E-state index in [4.69, 9.17) is 16.3 Å². The fourth-order valence-electron chi connectivity index (χ4n) is 2.45. The first-order valence-electron chi connectivity index (χ1n) is 7.01. The average Bonchev–Trinajstić information content (AvgIpc) is 2.54. The van der Waals surface area contributed by atoms with Crippen molar-refractivity contribution in [3.05, 3.63) is 32.8 Å². The summed E-state index contributed by atoms with van der Waals surface area (Å²) in [6, 6.07) is 2.50. The Hall–Kier alpha value is -1.86. The highest BCUT2D eigenvalue weighted by molar-refractivity contribution is 6.34. The van der Waals surface area contributed by atoms with Gasteiger partial charge >= 0.3 is 5.69 Å². The molecule has 1 amide bonds. The second kappa shape index (κ2) is 6.93. The predicted octanol–water partition coefficient (Wildman–Crippen LogP) is 2.03. The number of nitro benzene ring substituents is 1. The highest BCUT2D eigenvalue weighted by Crippen LogP contribution is 2.33. The van der Waals surface area contributed by atoms with Crippen molar-refractivity contribution >= 4 is 23.2 Å². The molecule has 1 heterocycles. The Bertz CT molecular complexity index is 586. The van der Waals surface area contributed by atoms with Gasteiger partial charge in [0.05, 0.1) is 22.6 Å². The van der Waals surface area contributed by atoms with Crippen LogP contribution in [0.25, 0.3) is 0 Å². The van der Waals surface area contributed by atoms with Gasteiger partial charge in [0.15, 0.2) is 5.75 Å². The third-order valence-electron chi connectivity index (χ3n) is 3.80. The Morgan fingerprint density at radius 1 is 1.36 bits per heavy atom. The molecule has 1 aliphatic rings. The number of hydrogen-bond acceptors (Lipinski definition) is 5. The van der Waals surface area contributed by atoms with Crippen molar-refractivity contribution in [2.75, 3.05) is 39.8 Å². The summed E-state index contributed by atoms with van der Waals surface area (Å²) in [6.45, 7) is 5.88. The Morgan fingerprint density at radius 2 is 2.00 bits per heavy atom. The van der Waals surface area contributed by atoms with Crippen molar-refractivity contribution in [2.45, 2.75) is 6.92 Å². The second-order valence-electron chi connectivity index (χ2n) is 4.99. The molecule has 1 saturated heterocycles. The summed E-state index contributed by atoms with van der Waals surface area (Å²) in [7, 11) is 1.32. The molecule has 0 aliphatic carbocycles. The quantitative estimate of drug-likeness (QED) is 0.625. The van der Waals surface area contributed by atoms with Gasteiger partial charge in [0, 0.05) is 38.3 Å². The van der Waals surface area contributed by atoms with E-state index < -0.39 is 4.92 Å². The van der Waals surface area contributed by atoms with E-state index in [1.54, 1.807) is 4.90 Å². The molecule has 8 heteroatoms. The van der Waals surface area contributed by atoms with Crippen molar-refractivity contribution in [3.8, 4) is 5.75 Å². The Kier molecular flexibility index (Phi) is 5.20. The minimum absolute atomic E-state index is 0.0324. The number of carbonyl (C=O) groups is 1. The molecule has 1 aliphatic heterocycles. The van der Waals surface area contributed by atoms with Gasteiger partial charge in [-0.15, -0.1) is 0 Å². The molecule has 2 rings (SSSR count). The number of benzene rings is 1. The highest BCUT2D eigenvalue weighted by Gasteiger charge is 2.26. The van der Waals surface area contributed by atoms with E-state index in [1.807, 2.05) is 0 Å². The van der Waals surface area contributed by atoms with E-state index in [-0.39, 0.29) is 27.9 Å². The Balaban J connectivity index is 2.25. The van der Waals surface area contributed by atoms with Crippen LogP contribution in [0.2, 0.25) is 5.02 Å². The number of ether oxygens (including phenoxy) is 1. The van der Waals surface area contributed by atoms with Gasteiger partial charge in [-0.2, -0.15) is 0 Å². The van der Waals surface area contributed by atoms with Gasteiger partial charge < -0.3 is 14.5 Å². The number of amides is 1. The highest BCUT2D eigenvalue weighted by atomic mass is 35.5.